The minimum atomic E-state index is -0.490. The Morgan fingerprint density at radius 1 is 0.941 bits per heavy atom. The van der Waals surface area contributed by atoms with Crippen LogP contribution in [0.3, 0.4) is 0 Å². The maximum Gasteiger partial charge on any atom is 0.148 e. The van der Waals surface area contributed by atoms with E-state index in [-0.39, 0.29) is 16.9 Å². The van der Waals surface area contributed by atoms with Gasteiger partial charge >= 0.3 is 0 Å². The fourth-order valence-electron chi connectivity index (χ4n) is 4.95. The molecule has 0 bridgehead atoms. The highest BCUT2D eigenvalue weighted by Gasteiger charge is 2.29. The number of halogens is 3. The maximum atomic E-state index is 15.1. The van der Waals surface area contributed by atoms with Gasteiger partial charge in [0, 0.05) is 16.7 Å². The third-order valence-electron chi connectivity index (χ3n) is 7.12. The summed E-state index contributed by atoms with van der Waals surface area (Å²) < 4.78 is 34.9. The number of hydrogen-bond acceptors (Lipinski definition) is 1. The van der Waals surface area contributed by atoms with Crippen molar-refractivity contribution < 1.29 is 13.5 Å². The molecule has 0 spiro atoms. The van der Waals surface area contributed by atoms with Crippen LogP contribution in [-0.2, 0) is 4.74 Å². The Hall–Kier alpha value is -2.49. The lowest BCUT2D eigenvalue weighted by Gasteiger charge is -2.22. The van der Waals surface area contributed by atoms with Gasteiger partial charge in [-0.2, -0.15) is 0 Å². The lowest BCUT2D eigenvalue weighted by molar-refractivity contribution is 0.408. The van der Waals surface area contributed by atoms with Crippen LogP contribution in [0.15, 0.2) is 60.7 Å². The van der Waals surface area contributed by atoms with Crippen LogP contribution in [0.1, 0.15) is 62.7 Å². The largest absolute Gasteiger partial charge is 0.368 e. The Balaban J connectivity index is 1.33. The Kier molecular flexibility index (Phi) is 6.85. The smallest absolute Gasteiger partial charge is 0.148 e. The average molecular weight is 479 g/mol. The van der Waals surface area contributed by atoms with Crippen molar-refractivity contribution in [2.24, 2.45) is 5.92 Å². The number of hydrogen-bond donors (Lipinski definition) is 0. The summed E-state index contributed by atoms with van der Waals surface area (Å²) in [6.07, 6.45) is 9.59. The summed E-state index contributed by atoms with van der Waals surface area (Å²) in [6.45, 7) is 2.75. The van der Waals surface area contributed by atoms with Crippen molar-refractivity contribution in [1.29, 1.82) is 0 Å². The van der Waals surface area contributed by atoms with Crippen molar-refractivity contribution in [1.82, 2.24) is 0 Å². The van der Waals surface area contributed by atoms with Crippen molar-refractivity contribution >= 4 is 17.2 Å². The molecule has 0 saturated carbocycles. The van der Waals surface area contributed by atoms with Crippen LogP contribution in [0.2, 0.25) is 5.02 Å². The molecular formula is C30H29ClF2O. The molecule has 34 heavy (non-hydrogen) atoms. The van der Waals surface area contributed by atoms with E-state index in [9.17, 15) is 4.39 Å². The number of unbranched alkanes of at least 4 members (excludes halogenated alkanes) is 1. The second-order valence-electron chi connectivity index (χ2n) is 9.44. The highest BCUT2D eigenvalue weighted by atomic mass is 35.5. The molecule has 0 aromatic heterocycles. The van der Waals surface area contributed by atoms with Gasteiger partial charge in [0.05, 0.1) is 11.6 Å². The van der Waals surface area contributed by atoms with E-state index in [0.29, 0.717) is 28.9 Å². The van der Waals surface area contributed by atoms with E-state index in [0.717, 1.165) is 24.3 Å². The molecule has 0 radical (unpaired) electrons. The first-order valence-electron chi connectivity index (χ1n) is 12.2. The Bertz CT molecular complexity index is 1210. The summed E-state index contributed by atoms with van der Waals surface area (Å²) in [6, 6.07) is 16.5. The van der Waals surface area contributed by atoms with Crippen LogP contribution >= 0.6 is 11.6 Å². The number of ether oxygens (including phenoxy) is 1. The molecule has 5 rings (SSSR count). The quantitative estimate of drug-likeness (QED) is 0.308. The minimum absolute atomic E-state index is 0.00203. The van der Waals surface area contributed by atoms with Crippen LogP contribution in [0.25, 0.3) is 27.8 Å². The van der Waals surface area contributed by atoms with Crippen molar-refractivity contribution in [3.63, 3.8) is 0 Å². The van der Waals surface area contributed by atoms with Gasteiger partial charge in [-0.25, -0.2) is 8.78 Å². The van der Waals surface area contributed by atoms with Crippen molar-refractivity contribution in [2.75, 3.05) is 6.61 Å². The summed E-state index contributed by atoms with van der Waals surface area (Å²) in [5.41, 5.74) is 5.44. The highest BCUT2D eigenvalue weighted by molar-refractivity contribution is 6.33. The van der Waals surface area contributed by atoms with Gasteiger partial charge in [-0.1, -0.05) is 92.4 Å². The Labute approximate surface area is 205 Å². The SMILES string of the molecule is CCCCC1CC=C(c2ccc(-c3ccc(-c4ccc(C5CO5)c(F)c4Cl)cc3F)cc2)CC1. The first-order valence-corrected chi connectivity index (χ1v) is 12.6. The third-order valence-corrected chi connectivity index (χ3v) is 7.49. The molecule has 2 aliphatic rings. The van der Waals surface area contributed by atoms with Gasteiger partial charge in [0.15, 0.2) is 0 Å². The second kappa shape index (κ2) is 10.0. The molecule has 2 atom stereocenters. The highest BCUT2D eigenvalue weighted by Crippen LogP contribution is 2.40. The summed E-state index contributed by atoms with van der Waals surface area (Å²) in [5, 5.41) is 0.00203. The van der Waals surface area contributed by atoms with Crippen LogP contribution in [0, 0.1) is 17.6 Å². The van der Waals surface area contributed by atoms with E-state index in [2.05, 4.69) is 25.1 Å². The molecule has 1 nitrogen and oxygen atoms in total. The van der Waals surface area contributed by atoms with Gasteiger partial charge < -0.3 is 4.74 Å². The standard InChI is InChI=1S/C30H29ClF2O/c1-2-3-4-19-5-7-20(8-6-19)21-9-11-22(12-10-21)24-14-13-23(17-27(24)32)25-15-16-26(28-18-34-28)30(33)29(25)31/h7,9-17,19,28H,2-6,8,18H2,1H3. The van der Waals surface area contributed by atoms with E-state index < -0.39 is 5.82 Å². The van der Waals surface area contributed by atoms with Crippen LogP contribution in [0.5, 0.6) is 0 Å². The molecule has 1 saturated heterocycles. The molecule has 3 aromatic rings. The van der Waals surface area contributed by atoms with Gasteiger partial charge in [-0.15, -0.1) is 0 Å². The fraction of sp³-hybridized carbons (Fsp3) is 0.333. The molecular weight excluding hydrogens is 450 g/mol. The van der Waals surface area contributed by atoms with E-state index in [4.69, 9.17) is 16.3 Å². The number of benzene rings is 3. The van der Waals surface area contributed by atoms with E-state index >= 15 is 4.39 Å². The Morgan fingerprint density at radius 2 is 1.65 bits per heavy atom. The molecule has 0 amide bonds. The van der Waals surface area contributed by atoms with E-state index in [1.807, 2.05) is 12.1 Å². The summed E-state index contributed by atoms with van der Waals surface area (Å²) in [7, 11) is 0. The predicted molar refractivity (Wildman–Crippen MR) is 136 cm³/mol. The molecule has 4 heteroatoms. The number of epoxide rings is 1. The zero-order chi connectivity index (χ0) is 23.7. The second-order valence-corrected chi connectivity index (χ2v) is 9.81. The number of allylic oxidation sites excluding steroid dienone is 2. The minimum Gasteiger partial charge on any atom is -0.368 e. The molecule has 3 aromatic carbocycles. The predicted octanol–water partition coefficient (Wildman–Crippen LogP) is 9.40. The molecule has 1 aliphatic carbocycles. The van der Waals surface area contributed by atoms with Crippen LogP contribution in [-0.4, -0.2) is 6.61 Å². The zero-order valence-corrected chi connectivity index (χ0v) is 20.2. The third kappa shape index (κ3) is 4.82. The van der Waals surface area contributed by atoms with Crippen LogP contribution < -0.4 is 0 Å². The number of rotatable bonds is 7. The maximum absolute atomic E-state index is 15.1. The fourth-order valence-corrected chi connectivity index (χ4v) is 5.23. The average Bonchev–Trinajstić information content (AvgIpc) is 3.70. The normalized spacial score (nSPS) is 19.7. The van der Waals surface area contributed by atoms with Crippen molar-refractivity contribution in [3.8, 4) is 22.3 Å². The van der Waals surface area contributed by atoms with E-state index in [1.54, 1.807) is 24.3 Å². The first kappa shape index (κ1) is 23.3. The Morgan fingerprint density at radius 3 is 2.29 bits per heavy atom. The van der Waals surface area contributed by atoms with Gasteiger partial charge in [0.25, 0.3) is 0 Å². The van der Waals surface area contributed by atoms with E-state index in [1.165, 1.54) is 42.9 Å². The lowest BCUT2D eigenvalue weighted by atomic mass is 9.84. The monoisotopic (exact) mass is 478 g/mol. The zero-order valence-electron chi connectivity index (χ0n) is 19.4. The lowest BCUT2D eigenvalue weighted by Crippen LogP contribution is -2.05. The van der Waals surface area contributed by atoms with Gasteiger partial charge in [0.2, 0.25) is 0 Å². The summed E-state index contributed by atoms with van der Waals surface area (Å²) in [5.74, 6) is -0.0294. The van der Waals surface area contributed by atoms with Gasteiger partial charge in [-0.3, -0.25) is 0 Å². The van der Waals surface area contributed by atoms with Gasteiger partial charge in [0.1, 0.15) is 17.7 Å². The molecule has 1 fully saturated rings. The van der Waals surface area contributed by atoms with Crippen molar-refractivity contribution in [2.45, 2.75) is 51.6 Å². The molecule has 1 aliphatic heterocycles. The molecule has 0 N–H and O–H groups in total. The summed E-state index contributed by atoms with van der Waals surface area (Å²) >= 11 is 6.28. The van der Waals surface area contributed by atoms with Gasteiger partial charge in [-0.05, 0) is 53.5 Å². The molecule has 176 valence electrons. The topological polar surface area (TPSA) is 12.5 Å². The molecule has 1 heterocycles. The van der Waals surface area contributed by atoms with Crippen molar-refractivity contribution in [3.05, 3.63) is 88.5 Å². The molecule has 2 unspecified atom stereocenters. The summed E-state index contributed by atoms with van der Waals surface area (Å²) in [4.78, 5) is 0. The first-order chi connectivity index (χ1) is 16.5. The van der Waals surface area contributed by atoms with Crippen LogP contribution in [0.4, 0.5) is 8.78 Å².